The topological polar surface area (TPSA) is 15.3 Å². The first-order valence-corrected chi connectivity index (χ1v) is 8.72. The van der Waals surface area contributed by atoms with Crippen LogP contribution >= 0.6 is 15.9 Å². The van der Waals surface area contributed by atoms with E-state index in [2.05, 4.69) is 65.1 Å². The highest BCUT2D eigenvalue weighted by atomic mass is 79.9. The second-order valence-electron chi connectivity index (χ2n) is 5.88. The van der Waals surface area contributed by atoms with E-state index in [0.29, 0.717) is 12.1 Å². The fourth-order valence-corrected chi connectivity index (χ4v) is 3.83. The minimum atomic E-state index is 0.394. The molecule has 2 nitrogen and oxygen atoms in total. The fourth-order valence-electron chi connectivity index (χ4n) is 3.12. The van der Waals surface area contributed by atoms with Crippen LogP contribution in [0.5, 0.6) is 0 Å². The van der Waals surface area contributed by atoms with E-state index >= 15 is 0 Å². The third-order valence-electron chi connectivity index (χ3n) is 4.35. The Bertz CT molecular complexity index is 433. The van der Waals surface area contributed by atoms with E-state index in [4.69, 9.17) is 0 Å². The van der Waals surface area contributed by atoms with E-state index in [9.17, 15) is 0 Å². The highest BCUT2D eigenvalue weighted by molar-refractivity contribution is 9.10. The Morgan fingerprint density at radius 3 is 2.85 bits per heavy atom. The van der Waals surface area contributed by atoms with Gasteiger partial charge in [0, 0.05) is 28.8 Å². The maximum atomic E-state index is 3.76. The van der Waals surface area contributed by atoms with Gasteiger partial charge in [-0.3, -0.25) is 0 Å². The molecule has 1 aromatic rings. The lowest BCUT2D eigenvalue weighted by molar-refractivity contribution is 0.595. The fraction of sp³-hybridized carbons (Fsp3) is 0.647. The van der Waals surface area contributed by atoms with Crippen molar-refractivity contribution in [2.45, 2.75) is 58.5 Å². The SMILES string of the molecule is CCNC(C)c1ccc(N2CCCCCC2C)cc1Br. The first kappa shape index (κ1) is 15.8. The highest BCUT2D eigenvalue weighted by Crippen LogP contribution is 2.31. The van der Waals surface area contributed by atoms with E-state index in [0.717, 1.165) is 6.54 Å². The van der Waals surface area contributed by atoms with Gasteiger partial charge in [0.2, 0.25) is 0 Å². The van der Waals surface area contributed by atoms with E-state index in [1.165, 1.54) is 48.0 Å². The summed E-state index contributed by atoms with van der Waals surface area (Å²) in [4.78, 5) is 2.57. The highest BCUT2D eigenvalue weighted by Gasteiger charge is 2.18. The number of rotatable bonds is 4. The number of hydrogen-bond donors (Lipinski definition) is 1. The number of benzene rings is 1. The molecular weight excluding hydrogens is 312 g/mol. The first-order valence-electron chi connectivity index (χ1n) is 7.93. The quantitative estimate of drug-likeness (QED) is 0.840. The van der Waals surface area contributed by atoms with Crippen molar-refractivity contribution in [2.75, 3.05) is 18.0 Å². The molecule has 1 aromatic carbocycles. The van der Waals surface area contributed by atoms with Gasteiger partial charge in [-0.05, 0) is 50.9 Å². The van der Waals surface area contributed by atoms with Crippen molar-refractivity contribution in [3.05, 3.63) is 28.2 Å². The molecule has 1 aliphatic rings. The lowest BCUT2D eigenvalue weighted by atomic mass is 10.1. The molecule has 0 aliphatic carbocycles. The van der Waals surface area contributed by atoms with Crippen LogP contribution in [-0.4, -0.2) is 19.1 Å². The van der Waals surface area contributed by atoms with Crippen LogP contribution in [0.15, 0.2) is 22.7 Å². The molecule has 1 aliphatic heterocycles. The van der Waals surface area contributed by atoms with Gasteiger partial charge in [0.25, 0.3) is 0 Å². The van der Waals surface area contributed by atoms with Crippen LogP contribution in [0, 0.1) is 0 Å². The largest absolute Gasteiger partial charge is 0.369 e. The van der Waals surface area contributed by atoms with Crippen molar-refractivity contribution in [1.82, 2.24) is 5.32 Å². The maximum absolute atomic E-state index is 3.76. The van der Waals surface area contributed by atoms with Gasteiger partial charge in [-0.2, -0.15) is 0 Å². The average Bonchev–Trinajstić information content (AvgIpc) is 2.63. The number of hydrogen-bond acceptors (Lipinski definition) is 2. The summed E-state index contributed by atoms with van der Waals surface area (Å²) >= 11 is 3.76. The lowest BCUT2D eigenvalue weighted by Crippen LogP contribution is -2.32. The van der Waals surface area contributed by atoms with E-state index in [-0.39, 0.29) is 0 Å². The van der Waals surface area contributed by atoms with Crippen molar-refractivity contribution in [3.63, 3.8) is 0 Å². The van der Waals surface area contributed by atoms with Crippen molar-refractivity contribution < 1.29 is 0 Å². The van der Waals surface area contributed by atoms with Crippen LogP contribution in [-0.2, 0) is 0 Å². The van der Waals surface area contributed by atoms with E-state index < -0.39 is 0 Å². The summed E-state index contributed by atoms with van der Waals surface area (Å²) in [6.45, 7) is 8.91. The normalized spacial score (nSPS) is 21.6. The summed E-state index contributed by atoms with van der Waals surface area (Å²) in [5, 5.41) is 3.48. The van der Waals surface area contributed by atoms with Gasteiger partial charge < -0.3 is 10.2 Å². The third kappa shape index (κ3) is 3.76. The summed E-state index contributed by atoms with van der Waals surface area (Å²) in [6, 6.07) is 7.90. The molecule has 0 spiro atoms. The van der Waals surface area contributed by atoms with Crippen molar-refractivity contribution in [2.24, 2.45) is 0 Å². The number of nitrogens with one attached hydrogen (secondary N) is 1. The Hall–Kier alpha value is -0.540. The Kier molecular flexibility index (Phi) is 5.91. The predicted molar refractivity (Wildman–Crippen MR) is 91.5 cm³/mol. The molecule has 1 N–H and O–H groups in total. The summed E-state index contributed by atoms with van der Waals surface area (Å²) in [5.74, 6) is 0. The molecule has 0 aromatic heterocycles. The van der Waals surface area contributed by atoms with Gasteiger partial charge in [0.15, 0.2) is 0 Å². The molecule has 0 amide bonds. The minimum absolute atomic E-state index is 0.394. The molecule has 0 bridgehead atoms. The molecule has 2 unspecified atom stereocenters. The molecule has 3 heteroatoms. The Morgan fingerprint density at radius 1 is 1.35 bits per heavy atom. The van der Waals surface area contributed by atoms with E-state index in [1.807, 2.05) is 0 Å². The molecule has 20 heavy (non-hydrogen) atoms. The van der Waals surface area contributed by atoms with Crippen LogP contribution in [0.1, 0.15) is 58.1 Å². The monoisotopic (exact) mass is 338 g/mol. The van der Waals surface area contributed by atoms with Crippen LogP contribution < -0.4 is 10.2 Å². The van der Waals surface area contributed by atoms with Crippen LogP contribution in [0.3, 0.4) is 0 Å². The van der Waals surface area contributed by atoms with Gasteiger partial charge >= 0.3 is 0 Å². The molecule has 0 saturated carbocycles. The number of nitrogens with zero attached hydrogens (tertiary/aromatic N) is 1. The minimum Gasteiger partial charge on any atom is -0.369 e. The predicted octanol–water partition coefficient (Wildman–Crippen LogP) is 4.89. The number of halogens is 1. The van der Waals surface area contributed by atoms with Gasteiger partial charge in [-0.25, -0.2) is 0 Å². The Balaban J connectivity index is 2.19. The van der Waals surface area contributed by atoms with Gasteiger partial charge in [0.05, 0.1) is 0 Å². The Labute approximate surface area is 132 Å². The summed E-state index contributed by atoms with van der Waals surface area (Å²) < 4.78 is 1.22. The summed E-state index contributed by atoms with van der Waals surface area (Å²) in [5.41, 5.74) is 2.71. The second kappa shape index (κ2) is 7.46. The maximum Gasteiger partial charge on any atom is 0.0380 e. The van der Waals surface area contributed by atoms with E-state index in [1.54, 1.807) is 0 Å². The zero-order chi connectivity index (χ0) is 14.5. The molecular formula is C17H27BrN2. The second-order valence-corrected chi connectivity index (χ2v) is 6.73. The molecule has 1 fully saturated rings. The van der Waals surface area contributed by atoms with Gasteiger partial charge in [-0.1, -0.05) is 41.8 Å². The van der Waals surface area contributed by atoms with Gasteiger partial charge in [0.1, 0.15) is 0 Å². The van der Waals surface area contributed by atoms with Crippen LogP contribution in [0.2, 0.25) is 0 Å². The molecule has 112 valence electrons. The zero-order valence-electron chi connectivity index (χ0n) is 13.0. The molecule has 0 radical (unpaired) electrons. The molecule has 1 saturated heterocycles. The van der Waals surface area contributed by atoms with Crippen molar-refractivity contribution >= 4 is 21.6 Å². The molecule has 2 atom stereocenters. The van der Waals surface area contributed by atoms with Crippen LogP contribution in [0.25, 0.3) is 0 Å². The van der Waals surface area contributed by atoms with Gasteiger partial charge in [-0.15, -0.1) is 0 Å². The first-order chi connectivity index (χ1) is 9.63. The Morgan fingerprint density at radius 2 is 2.15 bits per heavy atom. The zero-order valence-corrected chi connectivity index (χ0v) is 14.5. The van der Waals surface area contributed by atoms with Crippen molar-refractivity contribution in [3.8, 4) is 0 Å². The smallest absolute Gasteiger partial charge is 0.0380 e. The van der Waals surface area contributed by atoms with Crippen LogP contribution in [0.4, 0.5) is 5.69 Å². The summed E-state index contributed by atoms with van der Waals surface area (Å²) in [6.07, 6.45) is 5.37. The molecule has 1 heterocycles. The average molecular weight is 339 g/mol. The third-order valence-corrected chi connectivity index (χ3v) is 5.03. The number of anilines is 1. The van der Waals surface area contributed by atoms with Crippen molar-refractivity contribution in [1.29, 1.82) is 0 Å². The standard InChI is InChI=1S/C17H27BrN2/c1-4-19-14(3)16-10-9-15(12-17(16)18)20-11-7-5-6-8-13(20)2/h9-10,12-14,19H,4-8,11H2,1-3H3. The summed E-state index contributed by atoms with van der Waals surface area (Å²) in [7, 11) is 0. The lowest BCUT2D eigenvalue weighted by Gasteiger charge is -2.30. The molecule has 2 rings (SSSR count).